The molecule has 0 heterocycles. The molecule has 2 fully saturated rings. The van der Waals surface area contributed by atoms with Gasteiger partial charge in [0, 0.05) is 25.2 Å². The highest BCUT2D eigenvalue weighted by Gasteiger charge is 2.51. The Kier molecular flexibility index (Phi) is 3.71. The van der Waals surface area contributed by atoms with Gasteiger partial charge in [0.2, 0.25) is 0 Å². The van der Waals surface area contributed by atoms with E-state index in [4.69, 9.17) is 4.74 Å². The molecule has 0 N–H and O–H groups in total. The van der Waals surface area contributed by atoms with E-state index in [0.717, 1.165) is 32.1 Å². The summed E-state index contributed by atoms with van der Waals surface area (Å²) < 4.78 is 5.41. The van der Waals surface area contributed by atoms with E-state index in [0.29, 0.717) is 11.7 Å². The first-order chi connectivity index (χ1) is 9.91. The topological polar surface area (TPSA) is 43.4 Å². The fourth-order valence-corrected chi connectivity index (χ4v) is 4.93. The Bertz CT molecular complexity index is 493. The number of rotatable bonds is 1. The Morgan fingerprint density at radius 1 is 1.33 bits per heavy atom. The number of carbonyl (C=O) groups excluding carboxylic acids is 2. The molecule has 0 amide bonds. The molecule has 0 aromatic heterocycles. The van der Waals surface area contributed by atoms with Crippen molar-refractivity contribution in [2.75, 3.05) is 0 Å². The molecule has 0 unspecified atom stereocenters. The first kappa shape index (κ1) is 14.8. The van der Waals surface area contributed by atoms with Gasteiger partial charge in [-0.3, -0.25) is 9.59 Å². The van der Waals surface area contributed by atoms with Crippen molar-refractivity contribution in [3.05, 3.63) is 11.6 Å². The number of ether oxygens (including phenoxy) is 1. The number of allylic oxidation sites excluding steroid dienone is 1. The Labute approximate surface area is 127 Å². The predicted octanol–water partition coefficient (Wildman–Crippen LogP) is 3.67. The summed E-state index contributed by atoms with van der Waals surface area (Å²) in [6.45, 7) is 5.90. The molecule has 116 valence electrons. The van der Waals surface area contributed by atoms with Crippen molar-refractivity contribution in [2.45, 2.75) is 65.4 Å². The summed E-state index contributed by atoms with van der Waals surface area (Å²) in [5.41, 5.74) is 1.58. The summed E-state index contributed by atoms with van der Waals surface area (Å²) in [6.07, 6.45) is 8.26. The minimum atomic E-state index is -0.181. The number of ketones is 1. The van der Waals surface area contributed by atoms with Crippen molar-refractivity contribution in [1.29, 1.82) is 0 Å². The van der Waals surface area contributed by atoms with Crippen LogP contribution in [-0.4, -0.2) is 17.9 Å². The van der Waals surface area contributed by atoms with Crippen LogP contribution < -0.4 is 0 Å². The van der Waals surface area contributed by atoms with Gasteiger partial charge in [0.1, 0.15) is 11.9 Å². The average Bonchev–Trinajstić information content (AvgIpc) is 2.42. The normalized spacial score (nSPS) is 42.6. The fourth-order valence-electron chi connectivity index (χ4n) is 4.93. The van der Waals surface area contributed by atoms with Crippen LogP contribution in [0.4, 0.5) is 0 Å². The van der Waals surface area contributed by atoms with Gasteiger partial charge in [-0.1, -0.05) is 25.5 Å². The minimum absolute atomic E-state index is 0.0385. The first-order valence-electron chi connectivity index (χ1n) is 8.32. The summed E-state index contributed by atoms with van der Waals surface area (Å²) in [5, 5.41) is 0. The van der Waals surface area contributed by atoms with Gasteiger partial charge in [-0.05, 0) is 43.4 Å². The molecule has 3 heteroatoms. The van der Waals surface area contributed by atoms with Crippen molar-refractivity contribution in [2.24, 2.45) is 23.2 Å². The van der Waals surface area contributed by atoms with Crippen LogP contribution in [0, 0.1) is 23.2 Å². The van der Waals surface area contributed by atoms with Crippen LogP contribution in [0.3, 0.4) is 0 Å². The molecule has 3 rings (SSSR count). The molecule has 2 saturated carbocycles. The largest absolute Gasteiger partial charge is 0.462 e. The van der Waals surface area contributed by atoms with E-state index in [1.165, 1.54) is 18.9 Å². The van der Waals surface area contributed by atoms with Gasteiger partial charge in [0.05, 0.1) is 0 Å². The maximum atomic E-state index is 12.5. The number of hydrogen-bond acceptors (Lipinski definition) is 3. The quantitative estimate of drug-likeness (QED) is 0.546. The molecule has 0 aromatic carbocycles. The fraction of sp³-hybridized carbons (Fsp3) is 0.778. The van der Waals surface area contributed by atoms with Crippen LogP contribution in [0.2, 0.25) is 0 Å². The van der Waals surface area contributed by atoms with Crippen LogP contribution in [0.15, 0.2) is 11.6 Å². The van der Waals surface area contributed by atoms with Crippen LogP contribution in [0.5, 0.6) is 0 Å². The zero-order chi connectivity index (χ0) is 15.2. The van der Waals surface area contributed by atoms with E-state index >= 15 is 0 Å². The average molecular weight is 290 g/mol. The molecular weight excluding hydrogens is 264 g/mol. The molecule has 3 nitrogen and oxygen atoms in total. The highest BCUT2D eigenvalue weighted by atomic mass is 16.5. The molecule has 5 atom stereocenters. The zero-order valence-electron chi connectivity index (χ0n) is 13.4. The molecule has 0 spiro atoms. The SMILES string of the molecule is CC(=O)O[C@@H]1CC[C@@]2(C)C(=CC[C@@H]3C(=O)[C@@H](C)CC[C@H]32)C1. The third-order valence-corrected chi connectivity index (χ3v) is 6.18. The zero-order valence-corrected chi connectivity index (χ0v) is 13.4. The van der Waals surface area contributed by atoms with Crippen molar-refractivity contribution in [1.82, 2.24) is 0 Å². The second kappa shape index (κ2) is 5.26. The maximum Gasteiger partial charge on any atom is 0.302 e. The first-order valence-corrected chi connectivity index (χ1v) is 8.32. The van der Waals surface area contributed by atoms with E-state index in [1.54, 1.807) is 0 Å². The molecule has 0 saturated heterocycles. The molecule has 0 radical (unpaired) electrons. The Morgan fingerprint density at radius 2 is 2.10 bits per heavy atom. The van der Waals surface area contributed by atoms with Crippen molar-refractivity contribution in [3.63, 3.8) is 0 Å². The molecule has 3 aliphatic rings. The van der Waals surface area contributed by atoms with E-state index in [9.17, 15) is 9.59 Å². The second-order valence-corrected chi connectivity index (χ2v) is 7.45. The van der Waals surface area contributed by atoms with Crippen LogP contribution in [0.1, 0.15) is 59.3 Å². The number of fused-ring (bicyclic) bond motifs is 3. The number of carbonyl (C=O) groups is 2. The van der Waals surface area contributed by atoms with E-state index < -0.39 is 0 Å². The van der Waals surface area contributed by atoms with Crippen LogP contribution in [-0.2, 0) is 14.3 Å². The summed E-state index contributed by atoms with van der Waals surface area (Å²) in [7, 11) is 0. The van der Waals surface area contributed by atoms with Crippen LogP contribution in [0.25, 0.3) is 0 Å². The van der Waals surface area contributed by atoms with Crippen LogP contribution >= 0.6 is 0 Å². The maximum absolute atomic E-state index is 12.5. The third-order valence-electron chi connectivity index (χ3n) is 6.18. The smallest absolute Gasteiger partial charge is 0.302 e. The molecule has 0 aliphatic heterocycles. The van der Waals surface area contributed by atoms with Gasteiger partial charge >= 0.3 is 5.97 Å². The lowest BCUT2D eigenvalue weighted by Gasteiger charge is -2.52. The lowest BCUT2D eigenvalue weighted by atomic mass is 9.52. The minimum Gasteiger partial charge on any atom is -0.462 e. The highest BCUT2D eigenvalue weighted by Crippen LogP contribution is 2.56. The van der Waals surface area contributed by atoms with Crippen molar-refractivity contribution < 1.29 is 14.3 Å². The molecule has 0 bridgehead atoms. The Hall–Kier alpha value is -1.12. The number of esters is 1. The lowest BCUT2D eigenvalue weighted by Crippen LogP contribution is -2.48. The standard InChI is InChI=1S/C18H26O3/c1-11-4-7-16-15(17(11)20)6-5-13-10-14(21-12(2)19)8-9-18(13,16)3/h5,11,14-16H,4,6-10H2,1-3H3/t11-,14+,15-,16+,18-/m0/s1. The molecular formula is C18H26O3. The van der Waals surface area contributed by atoms with Crippen molar-refractivity contribution >= 4 is 11.8 Å². The van der Waals surface area contributed by atoms with Gasteiger partial charge < -0.3 is 4.74 Å². The van der Waals surface area contributed by atoms with Gasteiger partial charge in [0.15, 0.2) is 0 Å². The number of Topliss-reactive ketones (excluding diaryl/α,β-unsaturated/α-hetero) is 1. The van der Waals surface area contributed by atoms with Gasteiger partial charge in [-0.2, -0.15) is 0 Å². The summed E-state index contributed by atoms with van der Waals surface area (Å²) in [6, 6.07) is 0. The Balaban J connectivity index is 1.82. The van der Waals surface area contributed by atoms with Gasteiger partial charge in [-0.15, -0.1) is 0 Å². The molecule has 21 heavy (non-hydrogen) atoms. The summed E-state index contributed by atoms with van der Waals surface area (Å²) >= 11 is 0. The van der Waals surface area contributed by atoms with E-state index in [1.807, 2.05) is 0 Å². The number of hydrogen-bond donors (Lipinski definition) is 0. The van der Waals surface area contributed by atoms with Crippen molar-refractivity contribution in [3.8, 4) is 0 Å². The Morgan fingerprint density at radius 3 is 2.81 bits per heavy atom. The molecule has 0 aromatic rings. The lowest BCUT2D eigenvalue weighted by molar-refractivity contribution is -0.148. The second-order valence-electron chi connectivity index (χ2n) is 7.45. The summed E-state index contributed by atoms with van der Waals surface area (Å²) in [4.78, 5) is 23.7. The highest BCUT2D eigenvalue weighted by molar-refractivity contribution is 5.84. The summed E-state index contributed by atoms with van der Waals surface area (Å²) in [5.74, 6) is 1.26. The predicted molar refractivity (Wildman–Crippen MR) is 80.6 cm³/mol. The van der Waals surface area contributed by atoms with Gasteiger partial charge in [0.25, 0.3) is 0 Å². The monoisotopic (exact) mass is 290 g/mol. The van der Waals surface area contributed by atoms with E-state index in [2.05, 4.69) is 19.9 Å². The van der Waals surface area contributed by atoms with E-state index in [-0.39, 0.29) is 29.3 Å². The molecule has 3 aliphatic carbocycles. The third kappa shape index (κ3) is 2.45. The van der Waals surface area contributed by atoms with Gasteiger partial charge in [-0.25, -0.2) is 0 Å².